The third-order valence-electron chi connectivity index (χ3n) is 4.02. The lowest BCUT2D eigenvalue weighted by molar-refractivity contribution is -0.384. The largest absolute Gasteiger partial charge is 0.573 e. The molecule has 0 saturated heterocycles. The summed E-state index contributed by atoms with van der Waals surface area (Å²) in [4.78, 5) is 24.1. The van der Waals surface area contributed by atoms with E-state index in [1.54, 1.807) is 30.3 Å². The van der Waals surface area contributed by atoms with Crippen molar-refractivity contribution in [1.29, 1.82) is 0 Å². The van der Waals surface area contributed by atoms with Crippen LogP contribution < -0.4 is 14.4 Å². The highest BCUT2D eigenvalue weighted by Crippen LogP contribution is 2.28. The molecule has 0 radical (unpaired) electrons. The average molecular weight is 432 g/mol. The first-order valence-electron chi connectivity index (χ1n) is 8.85. The van der Waals surface area contributed by atoms with Crippen LogP contribution in [0, 0.1) is 10.1 Å². The second kappa shape index (κ2) is 9.16. The maximum absolute atomic E-state index is 12.8. The number of hydrogen-bond donors (Lipinski definition) is 0. The van der Waals surface area contributed by atoms with Crippen LogP contribution in [0.15, 0.2) is 78.9 Å². The molecule has 0 N–H and O–H groups in total. The van der Waals surface area contributed by atoms with E-state index in [1.807, 2.05) is 0 Å². The molecule has 7 nitrogen and oxygen atoms in total. The van der Waals surface area contributed by atoms with Gasteiger partial charge in [-0.2, -0.15) is 0 Å². The van der Waals surface area contributed by atoms with Crippen molar-refractivity contribution in [3.8, 4) is 11.5 Å². The summed E-state index contributed by atoms with van der Waals surface area (Å²) in [7, 11) is 0. The number of anilines is 1. The van der Waals surface area contributed by atoms with Gasteiger partial charge >= 0.3 is 12.5 Å². The third-order valence-corrected chi connectivity index (χ3v) is 4.02. The minimum Gasteiger partial charge on any atom is -0.410 e. The molecule has 31 heavy (non-hydrogen) atoms. The monoisotopic (exact) mass is 432 g/mol. The fourth-order valence-electron chi connectivity index (χ4n) is 2.67. The molecule has 0 saturated carbocycles. The normalized spacial score (nSPS) is 10.9. The minimum atomic E-state index is -4.89. The minimum absolute atomic E-state index is 0.00211. The smallest absolute Gasteiger partial charge is 0.410 e. The molecule has 0 aliphatic rings. The SMILES string of the molecule is O=C(Oc1ccc([N+](=O)[O-])cc1)N(Cc1ccccc1)c1cccc(OC(F)(F)F)c1. The molecule has 0 bridgehead atoms. The Labute approximate surface area is 174 Å². The highest BCUT2D eigenvalue weighted by atomic mass is 19.4. The first-order chi connectivity index (χ1) is 14.7. The summed E-state index contributed by atoms with van der Waals surface area (Å²) in [5.41, 5.74) is 0.626. The molecule has 1 amide bonds. The molecular formula is C21H15F3N2O5. The lowest BCUT2D eigenvalue weighted by Gasteiger charge is -2.23. The Morgan fingerprint density at radius 2 is 1.61 bits per heavy atom. The molecule has 160 valence electrons. The van der Waals surface area contributed by atoms with Gasteiger partial charge in [0.2, 0.25) is 0 Å². The average Bonchev–Trinajstić information content (AvgIpc) is 2.72. The van der Waals surface area contributed by atoms with E-state index >= 15 is 0 Å². The van der Waals surface area contributed by atoms with Gasteiger partial charge in [-0.3, -0.25) is 15.0 Å². The lowest BCUT2D eigenvalue weighted by Crippen LogP contribution is -2.33. The molecule has 0 unspecified atom stereocenters. The number of carbonyl (C=O) groups excluding carboxylic acids is 1. The number of nitro groups is 1. The number of halogens is 3. The van der Waals surface area contributed by atoms with E-state index in [1.165, 1.54) is 36.4 Å². The Balaban J connectivity index is 1.88. The van der Waals surface area contributed by atoms with Crippen molar-refractivity contribution in [1.82, 2.24) is 0 Å². The number of amides is 1. The van der Waals surface area contributed by atoms with E-state index in [0.29, 0.717) is 5.56 Å². The number of carbonyl (C=O) groups is 1. The Hall–Kier alpha value is -4.08. The van der Waals surface area contributed by atoms with Crippen LogP contribution in [0.25, 0.3) is 0 Å². The van der Waals surface area contributed by atoms with Gasteiger partial charge in [-0.1, -0.05) is 36.4 Å². The zero-order valence-corrected chi connectivity index (χ0v) is 15.8. The molecular weight excluding hydrogens is 417 g/mol. The summed E-state index contributed by atoms with van der Waals surface area (Å²) in [6.45, 7) is 0.00211. The van der Waals surface area contributed by atoms with Crippen molar-refractivity contribution in [3.05, 3.63) is 94.5 Å². The number of rotatable bonds is 6. The van der Waals surface area contributed by atoms with Crippen molar-refractivity contribution >= 4 is 17.5 Å². The van der Waals surface area contributed by atoms with Crippen molar-refractivity contribution in [2.45, 2.75) is 12.9 Å². The molecule has 0 aliphatic heterocycles. The number of benzene rings is 3. The highest BCUT2D eigenvalue weighted by molar-refractivity contribution is 5.89. The molecule has 0 fully saturated rings. The second-order valence-electron chi connectivity index (χ2n) is 6.24. The summed E-state index contributed by atoms with van der Waals surface area (Å²) in [6.07, 6.45) is -5.77. The van der Waals surface area contributed by atoms with E-state index in [0.717, 1.165) is 17.0 Å². The van der Waals surface area contributed by atoms with Crippen LogP contribution in [-0.2, 0) is 6.54 Å². The summed E-state index contributed by atoms with van der Waals surface area (Å²) < 4.78 is 47.0. The van der Waals surface area contributed by atoms with Gasteiger partial charge in [0, 0.05) is 18.2 Å². The molecule has 0 heterocycles. The van der Waals surface area contributed by atoms with E-state index < -0.39 is 23.1 Å². The van der Waals surface area contributed by atoms with Gasteiger partial charge in [0.1, 0.15) is 11.5 Å². The second-order valence-corrected chi connectivity index (χ2v) is 6.24. The molecule has 3 aromatic carbocycles. The third kappa shape index (κ3) is 6.20. The van der Waals surface area contributed by atoms with E-state index in [4.69, 9.17) is 4.74 Å². The van der Waals surface area contributed by atoms with Crippen LogP contribution in [0.1, 0.15) is 5.56 Å². The van der Waals surface area contributed by atoms with E-state index in [9.17, 15) is 28.1 Å². The van der Waals surface area contributed by atoms with Gasteiger partial charge in [-0.15, -0.1) is 13.2 Å². The van der Waals surface area contributed by atoms with Gasteiger partial charge in [-0.05, 0) is 29.8 Å². The van der Waals surface area contributed by atoms with Gasteiger partial charge in [-0.25, -0.2) is 4.79 Å². The van der Waals surface area contributed by atoms with Crippen molar-refractivity contribution < 1.29 is 32.4 Å². The van der Waals surface area contributed by atoms with Crippen molar-refractivity contribution in [2.75, 3.05) is 4.90 Å². The van der Waals surface area contributed by atoms with Crippen LogP contribution >= 0.6 is 0 Å². The fourth-order valence-corrected chi connectivity index (χ4v) is 2.67. The van der Waals surface area contributed by atoms with Crippen molar-refractivity contribution in [3.63, 3.8) is 0 Å². The highest BCUT2D eigenvalue weighted by Gasteiger charge is 2.31. The molecule has 0 spiro atoms. The molecule has 0 atom stereocenters. The molecule has 0 aromatic heterocycles. The van der Waals surface area contributed by atoms with Crippen LogP contribution in [0.4, 0.5) is 29.3 Å². The van der Waals surface area contributed by atoms with Crippen LogP contribution in [0.5, 0.6) is 11.5 Å². The van der Waals surface area contributed by atoms with Gasteiger partial charge in [0.05, 0.1) is 17.2 Å². The zero-order chi connectivity index (χ0) is 22.4. The summed E-state index contributed by atoms with van der Waals surface area (Å²) in [5.74, 6) is -0.456. The summed E-state index contributed by atoms with van der Waals surface area (Å²) in [6, 6.07) is 18.5. The van der Waals surface area contributed by atoms with E-state index in [2.05, 4.69) is 4.74 Å². The molecule has 3 rings (SSSR count). The lowest BCUT2D eigenvalue weighted by atomic mass is 10.2. The number of non-ortho nitro benzene ring substituents is 1. The first-order valence-corrected chi connectivity index (χ1v) is 8.85. The molecule has 10 heteroatoms. The quantitative estimate of drug-likeness (QED) is 0.369. The fraction of sp³-hybridized carbons (Fsp3) is 0.0952. The summed E-state index contributed by atoms with van der Waals surface area (Å²) in [5, 5.41) is 10.8. The van der Waals surface area contributed by atoms with Crippen LogP contribution in [0.2, 0.25) is 0 Å². The van der Waals surface area contributed by atoms with E-state index in [-0.39, 0.29) is 23.7 Å². The first kappa shape index (κ1) is 21.6. The standard InChI is InChI=1S/C21H15F3N2O5/c22-21(23,24)31-19-8-4-7-17(13-19)25(14-15-5-2-1-3-6-15)20(27)30-18-11-9-16(10-12-18)26(28)29/h1-13H,14H2. The van der Waals surface area contributed by atoms with Crippen LogP contribution in [0.3, 0.4) is 0 Å². The number of nitrogens with zero attached hydrogens (tertiary/aromatic N) is 2. The van der Waals surface area contributed by atoms with Gasteiger partial charge < -0.3 is 9.47 Å². The van der Waals surface area contributed by atoms with Gasteiger partial charge in [0.25, 0.3) is 5.69 Å². The molecule has 0 aliphatic carbocycles. The Morgan fingerprint density at radius 1 is 0.935 bits per heavy atom. The van der Waals surface area contributed by atoms with Gasteiger partial charge in [0.15, 0.2) is 0 Å². The Kier molecular flexibility index (Phi) is 6.39. The Morgan fingerprint density at radius 3 is 2.23 bits per heavy atom. The molecule has 3 aromatic rings. The summed E-state index contributed by atoms with van der Waals surface area (Å²) >= 11 is 0. The number of nitro benzene ring substituents is 1. The maximum Gasteiger partial charge on any atom is 0.573 e. The topological polar surface area (TPSA) is 81.9 Å². The number of ether oxygens (including phenoxy) is 2. The predicted octanol–water partition coefficient (Wildman–Crippen LogP) is 5.70. The predicted molar refractivity (Wildman–Crippen MR) is 105 cm³/mol. The number of hydrogen-bond acceptors (Lipinski definition) is 5. The van der Waals surface area contributed by atoms with Crippen molar-refractivity contribution in [2.24, 2.45) is 0 Å². The Bertz CT molecular complexity index is 1060. The van der Waals surface area contributed by atoms with Crippen LogP contribution in [-0.4, -0.2) is 17.4 Å². The maximum atomic E-state index is 12.8. The zero-order valence-electron chi connectivity index (χ0n) is 15.8. The number of alkyl halides is 3.